The molecule has 0 radical (unpaired) electrons. The van der Waals surface area contributed by atoms with Crippen LogP contribution < -0.4 is 0 Å². The number of aliphatic hydroxyl groups excluding tert-OH is 3. The van der Waals surface area contributed by atoms with Crippen LogP contribution in [-0.4, -0.2) is 53.1 Å². The van der Waals surface area contributed by atoms with E-state index in [9.17, 15) is 10.2 Å². The van der Waals surface area contributed by atoms with E-state index in [-0.39, 0.29) is 6.61 Å². The van der Waals surface area contributed by atoms with Crippen molar-refractivity contribution in [3.63, 3.8) is 0 Å². The Morgan fingerprint density at radius 3 is 2.62 bits per heavy atom. The first kappa shape index (κ1) is 10.9. The van der Waals surface area contributed by atoms with Crippen LogP contribution in [0.2, 0.25) is 0 Å². The third kappa shape index (κ3) is 2.62. The molecule has 5 nitrogen and oxygen atoms in total. The summed E-state index contributed by atoms with van der Waals surface area (Å²) in [5.74, 6) is 0. The summed E-state index contributed by atoms with van der Waals surface area (Å²) in [6.45, 7) is 2.39. The summed E-state index contributed by atoms with van der Waals surface area (Å²) < 4.78 is 10.1. The average molecular weight is 192 g/mol. The van der Waals surface area contributed by atoms with Gasteiger partial charge in [-0.25, -0.2) is 0 Å². The van der Waals surface area contributed by atoms with Crippen molar-refractivity contribution in [2.75, 3.05) is 13.2 Å². The second kappa shape index (κ2) is 4.88. The molecule has 1 heterocycles. The lowest BCUT2D eigenvalue weighted by atomic mass is 10.1. The van der Waals surface area contributed by atoms with Gasteiger partial charge in [-0.1, -0.05) is 6.92 Å². The molecule has 1 aliphatic heterocycles. The van der Waals surface area contributed by atoms with Crippen molar-refractivity contribution in [3.05, 3.63) is 0 Å². The van der Waals surface area contributed by atoms with Gasteiger partial charge in [0.25, 0.3) is 0 Å². The van der Waals surface area contributed by atoms with E-state index in [0.29, 0.717) is 6.61 Å². The lowest BCUT2D eigenvalue weighted by molar-refractivity contribution is -0.269. The summed E-state index contributed by atoms with van der Waals surface area (Å²) in [5.41, 5.74) is 0. The van der Waals surface area contributed by atoms with Crippen LogP contribution in [0.15, 0.2) is 0 Å². The van der Waals surface area contributed by atoms with Crippen molar-refractivity contribution in [1.29, 1.82) is 0 Å². The Balaban J connectivity index is 2.39. The van der Waals surface area contributed by atoms with Crippen LogP contribution in [-0.2, 0) is 9.47 Å². The van der Waals surface area contributed by atoms with Gasteiger partial charge in [-0.15, -0.1) is 0 Å². The van der Waals surface area contributed by atoms with E-state index in [0.717, 1.165) is 6.42 Å². The predicted molar refractivity (Wildman–Crippen MR) is 44.0 cm³/mol. The minimum Gasteiger partial charge on any atom is -0.388 e. The monoisotopic (exact) mass is 192 g/mol. The second-order valence-corrected chi connectivity index (χ2v) is 3.12. The van der Waals surface area contributed by atoms with Crippen molar-refractivity contribution in [3.8, 4) is 0 Å². The first-order valence-electron chi connectivity index (χ1n) is 4.44. The van der Waals surface area contributed by atoms with Crippen molar-refractivity contribution in [2.24, 2.45) is 0 Å². The van der Waals surface area contributed by atoms with Gasteiger partial charge >= 0.3 is 0 Å². The Morgan fingerprint density at radius 2 is 2.00 bits per heavy atom. The molecule has 3 N–H and O–H groups in total. The summed E-state index contributed by atoms with van der Waals surface area (Å²) in [6.07, 6.45) is -3.40. The standard InChI is InChI=1S/C8H16O5/c1-2-3-12-8-7(11)6(10)5(9)4-13-8/h5-11H,2-4H2,1H3. The van der Waals surface area contributed by atoms with Crippen molar-refractivity contribution >= 4 is 0 Å². The maximum atomic E-state index is 9.37. The lowest BCUT2D eigenvalue weighted by Gasteiger charge is -2.34. The van der Waals surface area contributed by atoms with Gasteiger partial charge in [0.15, 0.2) is 6.29 Å². The van der Waals surface area contributed by atoms with Gasteiger partial charge in [-0.05, 0) is 6.42 Å². The molecule has 0 aliphatic carbocycles. The van der Waals surface area contributed by atoms with E-state index in [1.165, 1.54) is 0 Å². The zero-order chi connectivity index (χ0) is 9.84. The van der Waals surface area contributed by atoms with Gasteiger partial charge in [-0.2, -0.15) is 0 Å². The number of hydrogen-bond donors (Lipinski definition) is 3. The number of hydrogen-bond acceptors (Lipinski definition) is 5. The molecule has 0 aromatic heterocycles. The molecule has 4 unspecified atom stereocenters. The molecule has 1 rings (SSSR count). The first-order valence-corrected chi connectivity index (χ1v) is 4.44. The van der Waals surface area contributed by atoms with Gasteiger partial charge in [0.1, 0.15) is 18.3 Å². The molecule has 0 amide bonds. The van der Waals surface area contributed by atoms with Crippen LogP contribution in [0.4, 0.5) is 0 Å². The van der Waals surface area contributed by atoms with E-state index >= 15 is 0 Å². The minimum atomic E-state index is -1.18. The maximum Gasteiger partial charge on any atom is 0.186 e. The second-order valence-electron chi connectivity index (χ2n) is 3.12. The minimum absolute atomic E-state index is 0.00733. The first-order chi connectivity index (χ1) is 6.16. The molecule has 1 saturated heterocycles. The molecule has 78 valence electrons. The van der Waals surface area contributed by atoms with Crippen LogP contribution in [0.3, 0.4) is 0 Å². The largest absolute Gasteiger partial charge is 0.388 e. The third-order valence-corrected chi connectivity index (χ3v) is 1.94. The van der Waals surface area contributed by atoms with Gasteiger partial charge in [0.2, 0.25) is 0 Å². The molecule has 5 heteroatoms. The fourth-order valence-corrected chi connectivity index (χ4v) is 1.16. The third-order valence-electron chi connectivity index (χ3n) is 1.94. The Kier molecular flexibility index (Phi) is 4.08. The van der Waals surface area contributed by atoms with Gasteiger partial charge in [0.05, 0.1) is 6.61 Å². The van der Waals surface area contributed by atoms with Crippen LogP contribution in [0, 0.1) is 0 Å². The average Bonchev–Trinajstić information content (AvgIpc) is 2.13. The molecule has 0 saturated carbocycles. The molecule has 0 aromatic carbocycles. The van der Waals surface area contributed by atoms with Crippen LogP contribution in [0.5, 0.6) is 0 Å². The summed E-state index contributed by atoms with van der Waals surface area (Å²) >= 11 is 0. The van der Waals surface area contributed by atoms with Gasteiger partial charge < -0.3 is 24.8 Å². The Labute approximate surface area is 76.9 Å². The normalized spacial score (nSPS) is 40.6. The Hall–Kier alpha value is -0.200. The summed E-state index contributed by atoms with van der Waals surface area (Å²) in [5, 5.41) is 27.7. The molecule has 0 bridgehead atoms. The van der Waals surface area contributed by atoms with Crippen LogP contribution in [0.1, 0.15) is 13.3 Å². The highest BCUT2D eigenvalue weighted by atomic mass is 16.7. The Bertz CT molecular complexity index is 149. The fraction of sp³-hybridized carbons (Fsp3) is 1.00. The molecular weight excluding hydrogens is 176 g/mol. The summed E-state index contributed by atoms with van der Waals surface area (Å²) in [6, 6.07) is 0. The van der Waals surface area contributed by atoms with E-state index in [4.69, 9.17) is 14.6 Å². The van der Waals surface area contributed by atoms with Crippen LogP contribution >= 0.6 is 0 Å². The SMILES string of the molecule is CCCOC1OCC(O)C(O)C1O. The summed E-state index contributed by atoms with van der Waals surface area (Å²) in [7, 11) is 0. The zero-order valence-corrected chi connectivity index (χ0v) is 7.59. The van der Waals surface area contributed by atoms with Gasteiger partial charge in [0, 0.05) is 6.61 Å². The smallest absolute Gasteiger partial charge is 0.186 e. The van der Waals surface area contributed by atoms with Crippen molar-refractivity contribution in [2.45, 2.75) is 37.9 Å². The van der Waals surface area contributed by atoms with E-state index < -0.39 is 24.6 Å². The molecule has 0 aromatic rings. The predicted octanol–water partition coefficient (Wildman–Crippen LogP) is -1.15. The molecule has 1 aliphatic rings. The number of aliphatic hydroxyl groups is 3. The lowest BCUT2D eigenvalue weighted by Crippen LogP contribution is -2.53. The van der Waals surface area contributed by atoms with Crippen molar-refractivity contribution in [1.82, 2.24) is 0 Å². The summed E-state index contributed by atoms with van der Waals surface area (Å²) in [4.78, 5) is 0. The van der Waals surface area contributed by atoms with E-state index in [2.05, 4.69) is 0 Å². The quantitative estimate of drug-likeness (QED) is 0.526. The Morgan fingerprint density at radius 1 is 1.31 bits per heavy atom. The van der Waals surface area contributed by atoms with Crippen molar-refractivity contribution < 1.29 is 24.8 Å². The zero-order valence-electron chi connectivity index (χ0n) is 7.59. The molecule has 0 spiro atoms. The maximum absolute atomic E-state index is 9.37. The van der Waals surface area contributed by atoms with E-state index in [1.807, 2.05) is 6.92 Å². The topological polar surface area (TPSA) is 79.2 Å². The van der Waals surface area contributed by atoms with Gasteiger partial charge in [-0.3, -0.25) is 0 Å². The highest BCUT2D eigenvalue weighted by Gasteiger charge is 2.37. The van der Waals surface area contributed by atoms with E-state index in [1.54, 1.807) is 0 Å². The molecule has 1 fully saturated rings. The van der Waals surface area contributed by atoms with Crippen LogP contribution in [0.25, 0.3) is 0 Å². The highest BCUT2D eigenvalue weighted by Crippen LogP contribution is 2.16. The number of ether oxygens (including phenoxy) is 2. The highest BCUT2D eigenvalue weighted by molar-refractivity contribution is 4.82. The fourth-order valence-electron chi connectivity index (χ4n) is 1.16. The molecular formula is C8H16O5. The molecule has 4 atom stereocenters. The molecule has 13 heavy (non-hydrogen) atoms. The number of rotatable bonds is 3.